The smallest absolute Gasteiger partial charge is 0.244 e. The molecule has 3 rings (SSSR count). The van der Waals surface area contributed by atoms with Gasteiger partial charge >= 0.3 is 0 Å². The number of rotatable bonds is 5. The van der Waals surface area contributed by atoms with Crippen molar-refractivity contribution in [2.24, 2.45) is 0 Å². The molecule has 2 heterocycles. The summed E-state index contributed by atoms with van der Waals surface area (Å²) in [5, 5.41) is 14.7. The van der Waals surface area contributed by atoms with E-state index < -0.39 is 0 Å². The molecule has 1 aromatic heterocycles. The number of nitrogens with zero attached hydrogens (tertiary/aromatic N) is 3. The zero-order chi connectivity index (χ0) is 12.9. The molecule has 0 spiro atoms. The second kappa shape index (κ2) is 6.14. The molecular weight excluding hydrogens is 242 g/mol. The van der Waals surface area contributed by atoms with E-state index in [0.29, 0.717) is 18.1 Å². The normalized spacial score (nSPS) is 23.7. The van der Waals surface area contributed by atoms with Crippen LogP contribution in [0.25, 0.3) is 0 Å². The molecule has 6 nitrogen and oxygen atoms in total. The molecule has 1 saturated heterocycles. The number of hydrogen-bond donors (Lipinski definition) is 2. The largest absolute Gasteiger partial charge is 0.376 e. The van der Waals surface area contributed by atoms with Crippen LogP contribution >= 0.6 is 0 Å². The van der Waals surface area contributed by atoms with Crippen LogP contribution in [-0.2, 0) is 4.74 Å². The van der Waals surface area contributed by atoms with Gasteiger partial charge in [0.05, 0.1) is 12.3 Å². The Morgan fingerprint density at radius 2 is 2.11 bits per heavy atom. The Labute approximate surface area is 113 Å². The average molecular weight is 263 g/mol. The minimum Gasteiger partial charge on any atom is -0.376 e. The molecule has 0 bridgehead atoms. The predicted octanol–water partition coefficient (Wildman–Crippen LogP) is 1.82. The van der Waals surface area contributed by atoms with Crippen LogP contribution < -0.4 is 10.6 Å². The molecule has 19 heavy (non-hydrogen) atoms. The summed E-state index contributed by atoms with van der Waals surface area (Å²) in [6.07, 6.45) is 9.25. The number of aromatic nitrogens is 3. The van der Waals surface area contributed by atoms with Crippen LogP contribution in [0.3, 0.4) is 0 Å². The minimum atomic E-state index is 0.307. The van der Waals surface area contributed by atoms with Gasteiger partial charge in [0.2, 0.25) is 5.95 Å². The molecule has 0 aromatic carbocycles. The van der Waals surface area contributed by atoms with E-state index in [0.717, 1.165) is 31.8 Å². The number of nitrogens with one attached hydrogen (secondary N) is 2. The van der Waals surface area contributed by atoms with Gasteiger partial charge in [-0.2, -0.15) is 10.1 Å². The fraction of sp³-hybridized carbons (Fsp3) is 0.769. The van der Waals surface area contributed by atoms with E-state index in [4.69, 9.17) is 4.74 Å². The highest BCUT2D eigenvalue weighted by molar-refractivity contribution is 5.37. The highest BCUT2D eigenvalue weighted by atomic mass is 16.5. The average Bonchev–Trinajstić information content (AvgIpc) is 3.10. The zero-order valence-electron chi connectivity index (χ0n) is 11.1. The van der Waals surface area contributed by atoms with E-state index in [-0.39, 0.29) is 0 Å². The molecule has 1 saturated carbocycles. The second-order valence-corrected chi connectivity index (χ2v) is 5.31. The van der Waals surface area contributed by atoms with Gasteiger partial charge in [0, 0.05) is 19.2 Å². The van der Waals surface area contributed by atoms with Gasteiger partial charge in [-0.15, -0.1) is 5.10 Å². The second-order valence-electron chi connectivity index (χ2n) is 5.31. The molecule has 1 aliphatic heterocycles. The minimum absolute atomic E-state index is 0.307. The molecule has 1 aliphatic carbocycles. The quantitative estimate of drug-likeness (QED) is 0.844. The lowest BCUT2D eigenvalue weighted by Gasteiger charge is -2.13. The summed E-state index contributed by atoms with van der Waals surface area (Å²) in [6, 6.07) is 0.509. The van der Waals surface area contributed by atoms with E-state index in [1.165, 1.54) is 25.7 Å². The molecular formula is C13H21N5O. The van der Waals surface area contributed by atoms with Gasteiger partial charge < -0.3 is 15.4 Å². The zero-order valence-corrected chi connectivity index (χ0v) is 11.1. The Kier molecular flexibility index (Phi) is 4.07. The topological polar surface area (TPSA) is 72.0 Å². The summed E-state index contributed by atoms with van der Waals surface area (Å²) in [5.41, 5.74) is 0. The van der Waals surface area contributed by atoms with Crippen molar-refractivity contribution in [1.29, 1.82) is 0 Å². The lowest BCUT2D eigenvalue weighted by atomic mass is 10.2. The van der Waals surface area contributed by atoms with E-state index in [2.05, 4.69) is 25.8 Å². The first-order valence-corrected chi connectivity index (χ1v) is 7.22. The van der Waals surface area contributed by atoms with Crippen molar-refractivity contribution in [3.8, 4) is 0 Å². The van der Waals surface area contributed by atoms with Crippen molar-refractivity contribution >= 4 is 11.8 Å². The van der Waals surface area contributed by atoms with E-state index in [1.54, 1.807) is 6.20 Å². The summed E-state index contributed by atoms with van der Waals surface area (Å²) in [6.45, 7) is 1.67. The summed E-state index contributed by atoms with van der Waals surface area (Å²) in [4.78, 5) is 4.45. The van der Waals surface area contributed by atoms with E-state index >= 15 is 0 Å². The Balaban J connectivity index is 1.52. The van der Waals surface area contributed by atoms with E-state index in [9.17, 15) is 0 Å². The first-order valence-electron chi connectivity index (χ1n) is 7.22. The third kappa shape index (κ3) is 3.53. The predicted molar refractivity (Wildman–Crippen MR) is 73.2 cm³/mol. The summed E-state index contributed by atoms with van der Waals surface area (Å²) in [5.74, 6) is 1.40. The Morgan fingerprint density at radius 1 is 1.21 bits per heavy atom. The third-order valence-corrected chi connectivity index (χ3v) is 3.78. The molecule has 0 radical (unpaired) electrons. The van der Waals surface area contributed by atoms with Crippen LogP contribution in [0.2, 0.25) is 0 Å². The lowest BCUT2D eigenvalue weighted by Crippen LogP contribution is -2.21. The van der Waals surface area contributed by atoms with Crippen LogP contribution in [0.1, 0.15) is 38.5 Å². The van der Waals surface area contributed by atoms with Crippen molar-refractivity contribution in [3.63, 3.8) is 0 Å². The van der Waals surface area contributed by atoms with Crippen LogP contribution in [-0.4, -0.2) is 40.5 Å². The first kappa shape index (κ1) is 12.6. The SMILES string of the molecule is c1nnc(NC2CCCC2)nc1NCC1CCCO1. The van der Waals surface area contributed by atoms with E-state index in [1.807, 2.05) is 0 Å². The standard InChI is InChI=1S/C13H21N5O/c1-2-5-10(4-1)16-13-17-12(9-15-18-13)14-8-11-6-3-7-19-11/h9-11H,1-8H2,(H2,14,16,17,18). The molecule has 104 valence electrons. The van der Waals surface area contributed by atoms with Crippen molar-refractivity contribution < 1.29 is 4.74 Å². The van der Waals surface area contributed by atoms with Gasteiger partial charge in [-0.25, -0.2) is 0 Å². The van der Waals surface area contributed by atoms with Gasteiger partial charge in [0.1, 0.15) is 0 Å². The van der Waals surface area contributed by atoms with Gasteiger partial charge in [-0.3, -0.25) is 0 Å². The Bertz CT molecular complexity index is 402. The molecule has 6 heteroatoms. The van der Waals surface area contributed by atoms with Crippen molar-refractivity contribution in [3.05, 3.63) is 6.20 Å². The maximum atomic E-state index is 5.57. The van der Waals surface area contributed by atoms with Crippen LogP contribution in [0.15, 0.2) is 6.20 Å². The van der Waals surface area contributed by atoms with Crippen LogP contribution in [0.4, 0.5) is 11.8 Å². The van der Waals surface area contributed by atoms with Gasteiger partial charge in [-0.1, -0.05) is 12.8 Å². The molecule has 1 unspecified atom stereocenters. The molecule has 2 fully saturated rings. The van der Waals surface area contributed by atoms with Gasteiger partial charge in [-0.05, 0) is 25.7 Å². The molecule has 2 N–H and O–H groups in total. The first-order chi connectivity index (χ1) is 9.40. The summed E-state index contributed by atoms with van der Waals surface area (Å²) >= 11 is 0. The van der Waals surface area contributed by atoms with Crippen molar-refractivity contribution in [1.82, 2.24) is 15.2 Å². The molecule has 0 amide bonds. The maximum absolute atomic E-state index is 5.57. The van der Waals surface area contributed by atoms with Crippen molar-refractivity contribution in [2.75, 3.05) is 23.8 Å². The molecule has 1 aromatic rings. The molecule has 1 atom stereocenters. The number of hydrogen-bond acceptors (Lipinski definition) is 6. The Hall–Kier alpha value is -1.43. The third-order valence-electron chi connectivity index (χ3n) is 3.78. The lowest BCUT2D eigenvalue weighted by molar-refractivity contribution is 0.120. The summed E-state index contributed by atoms with van der Waals surface area (Å²) < 4.78 is 5.57. The van der Waals surface area contributed by atoms with Gasteiger partial charge in [0.15, 0.2) is 5.82 Å². The maximum Gasteiger partial charge on any atom is 0.244 e. The number of anilines is 2. The molecule has 2 aliphatic rings. The fourth-order valence-corrected chi connectivity index (χ4v) is 2.73. The monoisotopic (exact) mass is 263 g/mol. The van der Waals surface area contributed by atoms with Gasteiger partial charge in [0.25, 0.3) is 0 Å². The highest BCUT2D eigenvalue weighted by Crippen LogP contribution is 2.20. The Morgan fingerprint density at radius 3 is 2.89 bits per heavy atom. The fourth-order valence-electron chi connectivity index (χ4n) is 2.73. The van der Waals surface area contributed by atoms with Crippen molar-refractivity contribution in [2.45, 2.75) is 50.7 Å². The van der Waals surface area contributed by atoms with Crippen LogP contribution in [0, 0.1) is 0 Å². The highest BCUT2D eigenvalue weighted by Gasteiger charge is 2.17. The summed E-state index contributed by atoms with van der Waals surface area (Å²) in [7, 11) is 0. The number of ether oxygens (including phenoxy) is 1. The van der Waals surface area contributed by atoms with Crippen LogP contribution in [0.5, 0.6) is 0 Å².